The summed E-state index contributed by atoms with van der Waals surface area (Å²) in [6.45, 7) is 8.90. The predicted octanol–water partition coefficient (Wildman–Crippen LogP) is 1.26. The molecule has 0 bridgehead atoms. The van der Waals surface area contributed by atoms with Crippen LogP contribution in [-0.2, 0) is 37.9 Å². The molecule has 12 nitrogen and oxygen atoms in total. The molecule has 0 radical (unpaired) electrons. The summed E-state index contributed by atoms with van der Waals surface area (Å²) < 4.78 is 12.1. The van der Waals surface area contributed by atoms with Crippen molar-refractivity contribution < 1.29 is 29.0 Å². The standard InChI is InChI=1S/C30H33N5O7/c1-4-30(40)21-11-24-27-19(13-35(24)28(38)20(21)15-41-29(30)39)9-18-10-25(42-16-36)23(12-22(18)32-27)34-7-5-33(6-8-34)14-26(37)31-17(2)3/h9-12,16-17,40H,4-8,13-15H2,1-3H3,(H,31,37)/t30-/m0/s1. The highest BCUT2D eigenvalue weighted by Gasteiger charge is 2.45. The fourth-order valence-corrected chi connectivity index (χ4v) is 6.11. The lowest BCUT2D eigenvalue weighted by molar-refractivity contribution is -0.172. The lowest BCUT2D eigenvalue weighted by atomic mass is 9.86. The van der Waals surface area contributed by atoms with Gasteiger partial charge in [-0.05, 0) is 44.5 Å². The number of amides is 1. The molecule has 1 amide bonds. The van der Waals surface area contributed by atoms with Crippen LogP contribution in [0.2, 0.25) is 0 Å². The Morgan fingerprint density at radius 1 is 1.19 bits per heavy atom. The van der Waals surface area contributed by atoms with Crippen molar-refractivity contribution in [3.8, 4) is 17.1 Å². The number of hydrogen-bond acceptors (Lipinski definition) is 10. The van der Waals surface area contributed by atoms with Crippen LogP contribution in [0.25, 0.3) is 22.3 Å². The van der Waals surface area contributed by atoms with Crippen molar-refractivity contribution in [3.63, 3.8) is 0 Å². The Hall–Kier alpha value is -4.29. The van der Waals surface area contributed by atoms with Crippen LogP contribution in [-0.4, -0.2) is 76.7 Å². The first-order chi connectivity index (χ1) is 20.1. The highest BCUT2D eigenvalue weighted by Crippen LogP contribution is 2.40. The molecule has 1 saturated heterocycles. The second-order valence-electron chi connectivity index (χ2n) is 11.3. The Kier molecular flexibility index (Phi) is 6.98. The van der Waals surface area contributed by atoms with Crippen LogP contribution in [0.4, 0.5) is 5.69 Å². The van der Waals surface area contributed by atoms with Crippen molar-refractivity contribution in [3.05, 3.63) is 51.3 Å². The molecule has 1 atom stereocenters. The van der Waals surface area contributed by atoms with Crippen molar-refractivity contribution in [1.29, 1.82) is 0 Å². The van der Waals surface area contributed by atoms with E-state index >= 15 is 0 Å². The molecule has 2 N–H and O–H groups in total. The average molecular weight is 576 g/mol. The number of esters is 1. The smallest absolute Gasteiger partial charge is 0.343 e. The van der Waals surface area contributed by atoms with Gasteiger partial charge in [-0.25, -0.2) is 9.78 Å². The van der Waals surface area contributed by atoms with Gasteiger partial charge in [-0.2, -0.15) is 0 Å². The molecule has 3 aliphatic heterocycles. The minimum Gasteiger partial charge on any atom is -0.458 e. The minimum atomic E-state index is -1.90. The van der Waals surface area contributed by atoms with Gasteiger partial charge >= 0.3 is 5.97 Å². The number of nitrogens with one attached hydrogen (secondary N) is 1. The summed E-state index contributed by atoms with van der Waals surface area (Å²) >= 11 is 0. The fourth-order valence-electron chi connectivity index (χ4n) is 6.11. The van der Waals surface area contributed by atoms with E-state index in [4.69, 9.17) is 14.5 Å². The summed E-state index contributed by atoms with van der Waals surface area (Å²) in [5, 5.41) is 14.8. The summed E-state index contributed by atoms with van der Waals surface area (Å²) in [5.74, 6) is -0.376. The molecule has 5 heterocycles. The van der Waals surface area contributed by atoms with E-state index in [1.807, 2.05) is 26.0 Å². The Balaban J connectivity index is 1.35. The van der Waals surface area contributed by atoms with Gasteiger partial charge in [0, 0.05) is 48.7 Å². The Bertz CT molecular complexity index is 1670. The number of cyclic esters (lactones) is 1. The number of pyridine rings is 2. The van der Waals surface area contributed by atoms with Gasteiger partial charge in [0.05, 0.1) is 41.2 Å². The first-order valence-electron chi connectivity index (χ1n) is 14.1. The van der Waals surface area contributed by atoms with Crippen LogP contribution in [0.3, 0.4) is 0 Å². The van der Waals surface area contributed by atoms with E-state index in [1.165, 1.54) is 0 Å². The maximum atomic E-state index is 13.5. The highest BCUT2D eigenvalue weighted by molar-refractivity contribution is 5.90. The number of carbonyl (C=O) groups is 3. The van der Waals surface area contributed by atoms with Crippen LogP contribution in [0, 0.1) is 0 Å². The van der Waals surface area contributed by atoms with Crippen molar-refractivity contribution in [2.24, 2.45) is 0 Å². The number of benzene rings is 1. The van der Waals surface area contributed by atoms with Crippen LogP contribution < -0.4 is 20.5 Å². The molecule has 0 saturated carbocycles. The predicted molar refractivity (Wildman–Crippen MR) is 153 cm³/mol. The lowest BCUT2D eigenvalue weighted by Crippen LogP contribution is -2.50. The molecular formula is C30H33N5O7. The van der Waals surface area contributed by atoms with Gasteiger partial charge in [-0.15, -0.1) is 0 Å². The quantitative estimate of drug-likeness (QED) is 0.244. The number of nitrogens with zero attached hydrogens (tertiary/aromatic N) is 4. The molecule has 1 fully saturated rings. The SMILES string of the molecule is CC[C@@]1(O)C(=O)OCc2c1cc1n(c2=O)Cc2cc3cc(OC=O)c(N4CCN(CC(=O)NC(C)C)CC4)cc3nc2-1. The van der Waals surface area contributed by atoms with Crippen molar-refractivity contribution >= 4 is 34.9 Å². The van der Waals surface area contributed by atoms with Gasteiger partial charge < -0.3 is 29.4 Å². The zero-order chi connectivity index (χ0) is 29.8. The molecule has 220 valence electrons. The molecule has 42 heavy (non-hydrogen) atoms. The van der Waals surface area contributed by atoms with Gasteiger partial charge in [0.1, 0.15) is 6.61 Å². The van der Waals surface area contributed by atoms with Crippen LogP contribution in [0.1, 0.15) is 43.9 Å². The number of piperazine rings is 1. The summed E-state index contributed by atoms with van der Waals surface area (Å²) in [5.41, 5.74) is 1.58. The van der Waals surface area contributed by atoms with Crippen molar-refractivity contribution in [2.75, 3.05) is 37.6 Å². The normalized spacial score (nSPS) is 19.7. The number of anilines is 1. The summed E-state index contributed by atoms with van der Waals surface area (Å²) in [4.78, 5) is 58.7. The third-order valence-electron chi connectivity index (χ3n) is 8.29. The maximum absolute atomic E-state index is 13.5. The first kappa shape index (κ1) is 27.9. The topological polar surface area (TPSA) is 143 Å². The molecule has 3 aromatic rings. The largest absolute Gasteiger partial charge is 0.458 e. The Morgan fingerprint density at radius 3 is 2.64 bits per heavy atom. The van der Waals surface area contributed by atoms with E-state index < -0.39 is 11.6 Å². The molecule has 0 aliphatic carbocycles. The molecular weight excluding hydrogens is 542 g/mol. The third kappa shape index (κ3) is 4.60. The number of aromatic nitrogens is 2. The van der Waals surface area contributed by atoms with E-state index in [2.05, 4.69) is 15.1 Å². The fraction of sp³-hybridized carbons (Fsp3) is 0.433. The molecule has 2 aromatic heterocycles. The molecule has 0 unspecified atom stereocenters. The second-order valence-corrected chi connectivity index (χ2v) is 11.3. The number of fused-ring (bicyclic) bond motifs is 5. The summed E-state index contributed by atoms with van der Waals surface area (Å²) in [7, 11) is 0. The monoisotopic (exact) mass is 575 g/mol. The van der Waals surface area contributed by atoms with E-state index in [-0.39, 0.29) is 48.2 Å². The third-order valence-corrected chi connectivity index (χ3v) is 8.29. The summed E-state index contributed by atoms with van der Waals surface area (Å²) in [6.07, 6.45) is 0.0677. The zero-order valence-electron chi connectivity index (χ0n) is 23.8. The van der Waals surface area contributed by atoms with Crippen molar-refractivity contribution in [1.82, 2.24) is 19.8 Å². The van der Waals surface area contributed by atoms with Gasteiger partial charge in [0.25, 0.3) is 12.0 Å². The molecule has 1 aromatic carbocycles. The van der Waals surface area contributed by atoms with Gasteiger partial charge in [-0.3, -0.25) is 19.3 Å². The van der Waals surface area contributed by atoms with Gasteiger partial charge in [-0.1, -0.05) is 6.92 Å². The Morgan fingerprint density at radius 2 is 1.95 bits per heavy atom. The van der Waals surface area contributed by atoms with E-state index in [0.29, 0.717) is 67.5 Å². The maximum Gasteiger partial charge on any atom is 0.343 e. The number of carbonyl (C=O) groups excluding carboxylic acids is 3. The molecule has 0 spiro atoms. The van der Waals surface area contributed by atoms with E-state index in [1.54, 1.807) is 23.6 Å². The van der Waals surface area contributed by atoms with E-state index in [0.717, 1.165) is 10.9 Å². The van der Waals surface area contributed by atoms with Gasteiger partial charge in [0.15, 0.2) is 11.4 Å². The van der Waals surface area contributed by atoms with Crippen LogP contribution in [0.15, 0.2) is 29.1 Å². The second kappa shape index (κ2) is 10.5. The van der Waals surface area contributed by atoms with Crippen molar-refractivity contribution in [2.45, 2.75) is 52.0 Å². The minimum absolute atomic E-state index is 0.0119. The number of aliphatic hydroxyl groups is 1. The zero-order valence-corrected chi connectivity index (χ0v) is 23.8. The Labute approximate surface area is 241 Å². The van der Waals surface area contributed by atoms with Crippen LogP contribution >= 0.6 is 0 Å². The first-order valence-corrected chi connectivity index (χ1v) is 14.1. The lowest BCUT2D eigenvalue weighted by Gasteiger charge is -2.36. The number of ether oxygens (including phenoxy) is 2. The molecule has 3 aliphatic rings. The molecule has 12 heteroatoms. The molecule has 6 rings (SSSR count). The van der Waals surface area contributed by atoms with E-state index in [9.17, 15) is 24.3 Å². The van der Waals surface area contributed by atoms with Gasteiger partial charge in [0.2, 0.25) is 5.91 Å². The number of rotatable bonds is 7. The summed E-state index contributed by atoms with van der Waals surface area (Å²) in [6, 6.07) is 7.33. The average Bonchev–Trinajstić information content (AvgIpc) is 3.31. The highest BCUT2D eigenvalue weighted by atomic mass is 16.6. The number of hydrogen-bond donors (Lipinski definition) is 2. The van der Waals surface area contributed by atoms with Crippen LogP contribution in [0.5, 0.6) is 5.75 Å².